The van der Waals surface area contributed by atoms with Gasteiger partial charge in [0, 0.05) is 12.1 Å². The van der Waals surface area contributed by atoms with E-state index in [1.54, 1.807) is 0 Å². The molecule has 0 aliphatic heterocycles. The summed E-state index contributed by atoms with van der Waals surface area (Å²) in [5.74, 6) is 0.466. The summed E-state index contributed by atoms with van der Waals surface area (Å²) in [5.41, 5.74) is 7.44. The minimum Gasteiger partial charge on any atom is -0.328 e. The van der Waals surface area contributed by atoms with Gasteiger partial charge in [-0.3, -0.25) is 0 Å². The number of rotatable bonds is 5. The van der Waals surface area contributed by atoms with Crippen LogP contribution in [0.15, 0.2) is 48.5 Å². The van der Waals surface area contributed by atoms with Gasteiger partial charge in [-0.2, -0.15) is 18.0 Å². The molecule has 26 heavy (non-hydrogen) atoms. The minimum absolute atomic E-state index is 0.0710. The van der Waals surface area contributed by atoms with Crippen molar-refractivity contribution >= 4 is 0 Å². The zero-order chi connectivity index (χ0) is 18.7. The van der Waals surface area contributed by atoms with Gasteiger partial charge in [0.05, 0.1) is 11.6 Å². The molecule has 0 saturated heterocycles. The molecule has 0 saturated carbocycles. The van der Waals surface area contributed by atoms with Gasteiger partial charge in [0.25, 0.3) is 0 Å². The zero-order valence-corrected chi connectivity index (χ0v) is 14.1. The van der Waals surface area contributed by atoms with Gasteiger partial charge in [0.15, 0.2) is 0 Å². The number of alkyl halides is 3. The van der Waals surface area contributed by atoms with Crippen molar-refractivity contribution in [3.63, 3.8) is 0 Å². The fourth-order valence-electron chi connectivity index (χ4n) is 2.54. The van der Waals surface area contributed by atoms with Crippen molar-refractivity contribution in [2.75, 3.05) is 6.54 Å². The first-order valence-electron chi connectivity index (χ1n) is 8.12. The van der Waals surface area contributed by atoms with Crippen molar-refractivity contribution in [1.82, 2.24) is 20.2 Å². The standard InChI is InChI=1S/C18H18F3N5/c1-12(11-22)26-24-17(23-25-26)16-5-3-2-4-14(16)10-13-6-8-15(9-7-13)18(19,20)21/h2-9,12H,10-11,22H2,1H3. The number of nitrogens with two attached hydrogens (primary N) is 1. The van der Waals surface area contributed by atoms with Crippen LogP contribution in [0.5, 0.6) is 0 Å². The third-order valence-corrected chi connectivity index (χ3v) is 4.10. The molecule has 8 heteroatoms. The molecule has 1 aromatic heterocycles. The Bertz CT molecular complexity index is 871. The van der Waals surface area contributed by atoms with Crippen LogP contribution in [0.25, 0.3) is 11.4 Å². The minimum atomic E-state index is -4.33. The number of aromatic nitrogens is 4. The van der Waals surface area contributed by atoms with E-state index in [4.69, 9.17) is 5.73 Å². The van der Waals surface area contributed by atoms with Gasteiger partial charge in [0.1, 0.15) is 0 Å². The fourth-order valence-corrected chi connectivity index (χ4v) is 2.54. The van der Waals surface area contributed by atoms with Crippen molar-refractivity contribution in [3.05, 3.63) is 65.2 Å². The highest BCUT2D eigenvalue weighted by Gasteiger charge is 2.29. The van der Waals surface area contributed by atoms with Crippen LogP contribution >= 0.6 is 0 Å². The van der Waals surface area contributed by atoms with Crippen LogP contribution in [-0.4, -0.2) is 26.8 Å². The summed E-state index contributed by atoms with van der Waals surface area (Å²) in [5, 5.41) is 12.5. The summed E-state index contributed by atoms with van der Waals surface area (Å²) in [6.07, 6.45) is -3.87. The Labute approximate surface area is 148 Å². The lowest BCUT2D eigenvalue weighted by molar-refractivity contribution is -0.137. The summed E-state index contributed by atoms with van der Waals surface area (Å²) < 4.78 is 38.1. The average molecular weight is 361 g/mol. The quantitative estimate of drug-likeness (QED) is 0.755. The Balaban J connectivity index is 1.87. The molecule has 2 N–H and O–H groups in total. The molecule has 0 aliphatic rings. The smallest absolute Gasteiger partial charge is 0.328 e. The molecule has 5 nitrogen and oxygen atoms in total. The van der Waals surface area contributed by atoms with Crippen LogP contribution < -0.4 is 5.73 Å². The number of hydrogen-bond acceptors (Lipinski definition) is 4. The fraction of sp³-hybridized carbons (Fsp3) is 0.278. The maximum Gasteiger partial charge on any atom is 0.416 e. The summed E-state index contributed by atoms with van der Waals surface area (Å²) in [4.78, 5) is 1.46. The van der Waals surface area contributed by atoms with Gasteiger partial charge < -0.3 is 5.73 Å². The Morgan fingerprint density at radius 2 is 1.77 bits per heavy atom. The molecule has 136 valence electrons. The Hall–Kier alpha value is -2.74. The number of nitrogens with zero attached hydrogens (tertiary/aromatic N) is 4. The van der Waals surface area contributed by atoms with Crippen LogP contribution in [0.3, 0.4) is 0 Å². The monoisotopic (exact) mass is 361 g/mol. The van der Waals surface area contributed by atoms with Gasteiger partial charge in [-0.15, -0.1) is 10.2 Å². The Morgan fingerprint density at radius 3 is 2.42 bits per heavy atom. The summed E-state index contributed by atoms with van der Waals surface area (Å²) in [6.45, 7) is 2.28. The molecule has 0 bridgehead atoms. The van der Waals surface area contributed by atoms with E-state index in [-0.39, 0.29) is 6.04 Å². The molecule has 3 rings (SSSR count). The second kappa shape index (κ2) is 7.25. The molecular formula is C18H18F3N5. The van der Waals surface area contributed by atoms with E-state index >= 15 is 0 Å². The van der Waals surface area contributed by atoms with Crippen molar-refractivity contribution in [1.29, 1.82) is 0 Å². The lowest BCUT2D eigenvalue weighted by atomic mass is 9.98. The Morgan fingerprint density at radius 1 is 1.08 bits per heavy atom. The van der Waals surface area contributed by atoms with Gasteiger partial charge >= 0.3 is 6.18 Å². The van der Waals surface area contributed by atoms with Gasteiger partial charge in [-0.25, -0.2) is 0 Å². The maximum atomic E-state index is 12.7. The number of benzene rings is 2. The van der Waals surface area contributed by atoms with Crippen LogP contribution in [0.2, 0.25) is 0 Å². The van der Waals surface area contributed by atoms with E-state index in [0.717, 1.165) is 28.8 Å². The molecule has 0 radical (unpaired) electrons. The highest BCUT2D eigenvalue weighted by molar-refractivity contribution is 5.60. The average Bonchev–Trinajstić information content (AvgIpc) is 3.11. The van der Waals surface area contributed by atoms with E-state index in [2.05, 4.69) is 15.4 Å². The van der Waals surface area contributed by atoms with Gasteiger partial charge in [-0.1, -0.05) is 36.4 Å². The van der Waals surface area contributed by atoms with Crippen molar-refractivity contribution in [2.45, 2.75) is 25.6 Å². The van der Waals surface area contributed by atoms with Gasteiger partial charge in [-0.05, 0) is 41.8 Å². The highest BCUT2D eigenvalue weighted by Crippen LogP contribution is 2.30. The van der Waals surface area contributed by atoms with E-state index in [1.807, 2.05) is 31.2 Å². The number of hydrogen-bond donors (Lipinski definition) is 1. The summed E-state index contributed by atoms with van der Waals surface area (Å²) in [6, 6.07) is 12.6. The van der Waals surface area contributed by atoms with Crippen LogP contribution in [0, 0.1) is 0 Å². The van der Waals surface area contributed by atoms with Gasteiger partial charge in [0.2, 0.25) is 5.82 Å². The normalized spacial score (nSPS) is 13.0. The largest absolute Gasteiger partial charge is 0.416 e. The predicted octanol–water partition coefficient (Wildman–Crippen LogP) is 3.47. The Kier molecular flexibility index (Phi) is 5.03. The molecule has 2 aromatic carbocycles. The summed E-state index contributed by atoms with van der Waals surface area (Å²) in [7, 11) is 0. The first kappa shape index (κ1) is 18.1. The van der Waals surface area contributed by atoms with E-state index < -0.39 is 11.7 Å². The van der Waals surface area contributed by atoms with Crippen molar-refractivity contribution in [3.8, 4) is 11.4 Å². The molecule has 1 unspecified atom stereocenters. The number of halogens is 3. The van der Waals surface area contributed by atoms with Crippen LogP contribution in [0.1, 0.15) is 29.7 Å². The topological polar surface area (TPSA) is 69.6 Å². The van der Waals surface area contributed by atoms with E-state index in [1.165, 1.54) is 16.9 Å². The molecule has 0 aliphatic carbocycles. The van der Waals surface area contributed by atoms with Crippen molar-refractivity contribution in [2.24, 2.45) is 5.73 Å². The third-order valence-electron chi connectivity index (χ3n) is 4.10. The third kappa shape index (κ3) is 3.91. The highest BCUT2D eigenvalue weighted by atomic mass is 19.4. The lowest BCUT2D eigenvalue weighted by Gasteiger charge is -2.09. The SMILES string of the molecule is CC(CN)n1nnc(-c2ccccc2Cc2ccc(C(F)(F)F)cc2)n1. The molecular weight excluding hydrogens is 343 g/mol. The first-order valence-corrected chi connectivity index (χ1v) is 8.12. The van der Waals surface area contributed by atoms with E-state index in [0.29, 0.717) is 18.8 Å². The molecule has 0 amide bonds. The molecule has 0 spiro atoms. The lowest BCUT2D eigenvalue weighted by Crippen LogP contribution is -2.18. The maximum absolute atomic E-state index is 12.7. The second-order valence-electron chi connectivity index (χ2n) is 6.05. The molecule has 0 fully saturated rings. The summed E-state index contributed by atoms with van der Waals surface area (Å²) >= 11 is 0. The first-order chi connectivity index (χ1) is 12.4. The zero-order valence-electron chi connectivity index (χ0n) is 14.1. The molecule has 3 aromatic rings. The van der Waals surface area contributed by atoms with E-state index in [9.17, 15) is 13.2 Å². The van der Waals surface area contributed by atoms with Crippen LogP contribution in [0.4, 0.5) is 13.2 Å². The van der Waals surface area contributed by atoms with Crippen LogP contribution in [-0.2, 0) is 12.6 Å². The number of tetrazole rings is 1. The van der Waals surface area contributed by atoms with Crippen molar-refractivity contribution < 1.29 is 13.2 Å². The molecule has 1 heterocycles. The second-order valence-corrected chi connectivity index (χ2v) is 6.05. The predicted molar refractivity (Wildman–Crippen MR) is 91.3 cm³/mol. The molecule has 1 atom stereocenters.